The summed E-state index contributed by atoms with van der Waals surface area (Å²) in [6.45, 7) is 1.90. The first kappa shape index (κ1) is 11.8. The molecule has 1 aromatic carbocycles. The standard InChI is InChI=1S/C11H11BrO3/c1-8-4-2-3-5-10(8)15-9(7-12)6-11(13)14/h2-6H,7H2,1H3,(H,13,14)/b9-6+. The molecule has 3 nitrogen and oxygen atoms in total. The first-order valence-electron chi connectivity index (χ1n) is 4.36. The Morgan fingerprint density at radius 2 is 2.20 bits per heavy atom. The van der Waals surface area contributed by atoms with Crippen molar-refractivity contribution in [2.24, 2.45) is 0 Å². The second-order valence-electron chi connectivity index (χ2n) is 2.95. The summed E-state index contributed by atoms with van der Waals surface area (Å²) in [6, 6.07) is 7.45. The van der Waals surface area contributed by atoms with Crippen molar-refractivity contribution in [3.05, 3.63) is 41.7 Å². The van der Waals surface area contributed by atoms with E-state index >= 15 is 0 Å². The lowest BCUT2D eigenvalue weighted by Gasteiger charge is -2.09. The van der Waals surface area contributed by atoms with Crippen LogP contribution in [0.15, 0.2) is 36.1 Å². The van der Waals surface area contributed by atoms with Gasteiger partial charge in [0.25, 0.3) is 0 Å². The van der Waals surface area contributed by atoms with Crippen LogP contribution in [0, 0.1) is 6.92 Å². The normalized spacial score (nSPS) is 11.2. The number of ether oxygens (including phenoxy) is 1. The third-order valence-corrected chi connectivity index (χ3v) is 2.30. The summed E-state index contributed by atoms with van der Waals surface area (Å²) in [5.74, 6) is 0.0271. The van der Waals surface area contributed by atoms with Gasteiger partial charge in [-0.2, -0.15) is 0 Å². The fourth-order valence-electron chi connectivity index (χ4n) is 1.05. The number of halogens is 1. The van der Waals surface area contributed by atoms with E-state index in [4.69, 9.17) is 9.84 Å². The molecule has 0 heterocycles. The fraction of sp³-hybridized carbons (Fsp3) is 0.182. The van der Waals surface area contributed by atoms with Crippen molar-refractivity contribution in [3.8, 4) is 5.75 Å². The highest BCUT2D eigenvalue weighted by molar-refractivity contribution is 9.09. The Morgan fingerprint density at radius 3 is 2.73 bits per heavy atom. The van der Waals surface area contributed by atoms with Gasteiger partial charge in [-0.05, 0) is 18.6 Å². The van der Waals surface area contributed by atoms with Crippen LogP contribution in [0.5, 0.6) is 5.75 Å². The molecule has 0 amide bonds. The lowest BCUT2D eigenvalue weighted by atomic mass is 10.2. The molecule has 15 heavy (non-hydrogen) atoms. The molecule has 0 aliphatic rings. The Labute approximate surface area is 96.5 Å². The lowest BCUT2D eigenvalue weighted by Crippen LogP contribution is -2.01. The predicted molar refractivity (Wildman–Crippen MR) is 61.3 cm³/mol. The molecule has 0 saturated carbocycles. The van der Waals surface area contributed by atoms with E-state index in [1.54, 1.807) is 6.07 Å². The van der Waals surface area contributed by atoms with Crippen LogP contribution in [0.1, 0.15) is 5.56 Å². The van der Waals surface area contributed by atoms with Crippen LogP contribution in [-0.4, -0.2) is 16.4 Å². The van der Waals surface area contributed by atoms with Crippen LogP contribution < -0.4 is 4.74 Å². The zero-order valence-corrected chi connectivity index (χ0v) is 9.82. The van der Waals surface area contributed by atoms with Crippen LogP contribution in [0.2, 0.25) is 0 Å². The second kappa shape index (κ2) is 5.56. The molecular formula is C11H11BrO3. The molecule has 0 atom stereocenters. The van der Waals surface area contributed by atoms with Gasteiger partial charge < -0.3 is 9.84 Å². The number of allylic oxidation sites excluding steroid dienone is 1. The molecule has 1 N–H and O–H groups in total. The van der Waals surface area contributed by atoms with E-state index in [-0.39, 0.29) is 0 Å². The van der Waals surface area contributed by atoms with Gasteiger partial charge in [0.05, 0.1) is 11.4 Å². The lowest BCUT2D eigenvalue weighted by molar-refractivity contribution is -0.131. The van der Waals surface area contributed by atoms with E-state index in [1.807, 2.05) is 25.1 Å². The number of para-hydroxylation sites is 1. The number of hydrogen-bond acceptors (Lipinski definition) is 2. The van der Waals surface area contributed by atoms with Crippen LogP contribution in [-0.2, 0) is 4.79 Å². The largest absolute Gasteiger partial charge is 0.478 e. The summed E-state index contributed by atoms with van der Waals surface area (Å²) in [5, 5.41) is 8.95. The third-order valence-electron chi connectivity index (χ3n) is 1.75. The minimum absolute atomic E-state index is 0.369. The van der Waals surface area contributed by atoms with Gasteiger partial charge in [0.2, 0.25) is 0 Å². The highest BCUT2D eigenvalue weighted by atomic mass is 79.9. The van der Waals surface area contributed by atoms with E-state index in [1.165, 1.54) is 0 Å². The highest BCUT2D eigenvalue weighted by Crippen LogP contribution is 2.19. The maximum Gasteiger partial charge on any atom is 0.331 e. The van der Waals surface area contributed by atoms with Gasteiger partial charge in [-0.25, -0.2) is 4.79 Å². The van der Waals surface area contributed by atoms with E-state index in [0.29, 0.717) is 16.8 Å². The van der Waals surface area contributed by atoms with E-state index in [9.17, 15) is 4.79 Å². The topological polar surface area (TPSA) is 46.5 Å². The molecule has 1 aromatic rings. The van der Waals surface area contributed by atoms with Crippen LogP contribution in [0.3, 0.4) is 0 Å². The average Bonchev–Trinajstić information content (AvgIpc) is 2.19. The Morgan fingerprint density at radius 1 is 1.53 bits per heavy atom. The van der Waals surface area contributed by atoms with Gasteiger partial charge >= 0.3 is 5.97 Å². The molecule has 0 aliphatic heterocycles. The Kier molecular flexibility index (Phi) is 4.37. The molecule has 0 saturated heterocycles. The molecule has 0 aliphatic carbocycles. The van der Waals surface area contributed by atoms with E-state index in [2.05, 4.69) is 15.9 Å². The zero-order valence-electron chi connectivity index (χ0n) is 8.24. The van der Waals surface area contributed by atoms with Crippen LogP contribution in [0.25, 0.3) is 0 Å². The van der Waals surface area contributed by atoms with Gasteiger partial charge in [0.15, 0.2) is 0 Å². The fourth-order valence-corrected chi connectivity index (χ4v) is 1.32. The van der Waals surface area contributed by atoms with Crippen molar-refractivity contribution < 1.29 is 14.6 Å². The Balaban J connectivity index is 2.85. The number of carboxylic acids is 1. The van der Waals surface area contributed by atoms with Gasteiger partial charge in [-0.3, -0.25) is 0 Å². The molecule has 0 aromatic heterocycles. The van der Waals surface area contributed by atoms with E-state index < -0.39 is 5.97 Å². The number of alkyl halides is 1. The van der Waals surface area contributed by atoms with Crippen molar-refractivity contribution in [1.82, 2.24) is 0 Å². The number of aryl methyl sites for hydroxylation is 1. The van der Waals surface area contributed by atoms with Gasteiger partial charge in [-0.1, -0.05) is 34.1 Å². The Bertz CT molecular complexity index is 385. The van der Waals surface area contributed by atoms with Gasteiger partial charge in [-0.15, -0.1) is 0 Å². The summed E-state index contributed by atoms with van der Waals surface area (Å²) in [4.78, 5) is 10.5. The van der Waals surface area contributed by atoms with Crippen molar-refractivity contribution in [2.75, 3.05) is 5.33 Å². The summed E-state index contributed by atoms with van der Waals surface area (Å²) in [5.41, 5.74) is 0.967. The Hall–Kier alpha value is -1.29. The number of hydrogen-bond donors (Lipinski definition) is 1. The molecule has 1 rings (SSSR count). The molecule has 0 fully saturated rings. The van der Waals surface area contributed by atoms with Crippen LogP contribution in [0.4, 0.5) is 0 Å². The van der Waals surface area contributed by atoms with E-state index in [0.717, 1.165) is 11.6 Å². The SMILES string of the molecule is Cc1ccccc1O/C(=C/C(=O)O)CBr. The monoisotopic (exact) mass is 270 g/mol. The highest BCUT2D eigenvalue weighted by Gasteiger charge is 2.04. The molecular weight excluding hydrogens is 260 g/mol. The van der Waals surface area contributed by atoms with Crippen molar-refractivity contribution in [2.45, 2.75) is 6.92 Å². The first-order chi connectivity index (χ1) is 7.13. The minimum atomic E-state index is -1.02. The molecule has 0 spiro atoms. The maximum atomic E-state index is 10.5. The summed E-state index contributed by atoms with van der Waals surface area (Å²) >= 11 is 3.17. The number of aliphatic carboxylic acids is 1. The second-order valence-corrected chi connectivity index (χ2v) is 3.51. The van der Waals surface area contributed by atoms with Gasteiger partial charge in [0.1, 0.15) is 11.5 Å². The number of carboxylic acid groups (broad SMARTS) is 1. The van der Waals surface area contributed by atoms with Crippen molar-refractivity contribution >= 4 is 21.9 Å². The summed E-state index contributed by atoms with van der Waals surface area (Å²) in [7, 11) is 0. The number of rotatable bonds is 4. The molecule has 4 heteroatoms. The minimum Gasteiger partial charge on any atom is -0.478 e. The molecule has 0 unspecified atom stereocenters. The van der Waals surface area contributed by atoms with Crippen molar-refractivity contribution in [1.29, 1.82) is 0 Å². The zero-order chi connectivity index (χ0) is 11.3. The number of carbonyl (C=O) groups is 1. The molecule has 0 bridgehead atoms. The first-order valence-corrected chi connectivity index (χ1v) is 5.48. The third kappa shape index (κ3) is 3.75. The van der Waals surface area contributed by atoms with Crippen molar-refractivity contribution in [3.63, 3.8) is 0 Å². The van der Waals surface area contributed by atoms with Crippen LogP contribution >= 0.6 is 15.9 Å². The predicted octanol–water partition coefficient (Wildman–Crippen LogP) is 2.74. The molecule has 80 valence electrons. The average molecular weight is 271 g/mol. The molecule has 0 radical (unpaired) electrons. The number of benzene rings is 1. The maximum absolute atomic E-state index is 10.5. The summed E-state index contributed by atoms with van der Waals surface area (Å²) < 4.78 is 5.44. The smallest absolute Gasteiger partial charge is 0.331 e. The summed E-state index contributed by atoms with van der Waals surface area (Å²) in [6.07, 6.45) is 1.04. The van der Waals surface area contributed by atoms with Gasteiger partial charge in [0, 0.05) is 0 Å². The quantitative estimate of drug-likeness (QED) is 0.520.